The van der Waals surface area contributed by atoms with Crippen molar-refractivity contribution in [3.05, 3.63) is 48.0 Å². The van der Waals surface area contributed by atoms with E-state index < -0.39 is 0 Å². The summed E-state index contributed by atoms with van der Waals surface area (Å²) < 4.78 is 14.7. The molecule has 0 radical (unpaired) electrons. The van der Waals surface area contributed by atoms with E-state index in [4.69, 9.17) is 0 Å². The quantitative estimate of drug-likeness (QED) is 0.218. The molecule has 8 heteroatoms. The van der Waals surface area contributed by atoms with E-state index in [0.29, 0.717) is 6.54 Å². The maximum absolute atomic E-state index is 12.8. The third-order valence-corrected chi connectivity index (χ3v) is 4.16. The zero-order valence-corrected chi connectivity index (χ0v) is 17.0. The minimum Gasteiger partial charge on any atom is -0.357 e. The molecule has 1 aromatic carbocycles. The SMILES string of the molecule is CCNC(=NCc1ccnn1C)NCCSc1ccc(F)cc1.I. The summed E-state index contributed by atoms with van der Waals surface area (Å²) in [6, 6.07) is 8.51. The number of nitrogens with zero attached hydrogens (tertiary/aromatic N) is 3. The highest BCUT2D eigenvalue weighted by Gasteiger charge is 2.01. The minimum absolute atomic E-state index is 0. The molecule has 0 saturated heterocycles. The standard InChI is InChI=1S/C16H22FN5S.HI/c1-3-18-16(20-12-14-8-9-21-22(14)2)19-10-11-23-15-6-4-13(17)5-7-15;/h4-9H,3,10-12H2,1-2H3,(H2,18,19,20);1H. The van der Waals surface area contributed by atoms with Crippen LogP contribution in [0.4, 0.5) is 4.39 Å². The van der Waals surface area contributed by atoms with Gasteiger partial charge in [0.2, 0.25) is 0 Å². The fraction of sp³-hybridized carbons (Fsp3) is 0.375. The molecule has 0 fully saturated rings. The van der Waals surface area contributed by atoms with Crippen LogP contribution in [-0.4, -0.2) is 34.6 Å². The van der Waals surface area contributed by atoms with Crippen molar-refractivity contribution < 1.29 is 4.39 Å². The normalized spacial score (nSPS) is 11.0. The van der Waals surface area contributed by atoms with Crippen LogP contribution < -0.4 is 10.6 Å². The monoisotopic (exact) mass is 463 g/mol. The van der Waals surface area contributed by atoms with Gasteiger partial charge in [0.1, 0.15) is 5.82 Å². The summed E-state index contributed by atoms with van der Waals surface area (Å²) in [6.07, 6.45) is 1.77. The lowest BCUT2D eigenvalue weighted by molar-refractivity contribution is 0.626. The lowest BCUT2D eigenvalue weighted by atomic mass is 10.4. The topological polar surface area (TPSA) is 54.2 Å². The van der Waals surface area contributed by atoms with Crippen LogP contribution in [0.25, 0.3) is 0 Å². The second-order valence-electron chi connectivity index (χ2n) is 4.87. The Bertz CT molecular complexity index is 630. The van der Waals surface area contributed by atoms with Gasteiger partial charge in [-0.2, -0.15) is 5.10 Å². The fourth-order valence-electron chi connectivity index (χ4n) is 1.93. The molecule has 0 saturated carbocycles. The number of benzene rings is 1. The zero-order valence-electron chi connectivity index (χ0n) is 13.8. The van der Waals surface area contributed by atoms with E-state index in [2.05, 4.69) is 20.7 Å². The number of thioether (sulfide) groups is 1. The van der Waals surface area contributed by atoms with Crippen molar-refractivity contribution >= 4 is 41.7 Å². The highest BCUT2D eigenvalue weighted by molar-refractivity contribution is 14.0. The number of aliphatic imine (C=N–C) groups is 1. The van der Waals surface area contributed by atoms with Crippen molar-refractivity contribution in [2.75, 3.05) is 18.8 Å². The maximum Gasteiger partial charge on any atom is 0.191 e. The van der Waals surface area contributed by atoms with Crippen LogP contribution in [0.3, 0.4) is 0 Å². The number of hydrogen-bond acceptors (Lipinski definition) is 3. The van der Waals surface area contributed by atoms with E-state index in [1.807, 2.05) is 24.7 Å². The number of halogens is 2. The molecule has 0 amide bonds. The molecule has 24 heavy (non-hydrogen) atoms. The molecule has 0 spiro atoms. The highest BCUT2D eigenvalue weighted by atomic mass is 127. The van der Waals surface area contributed by atoms with Crippen LogP contribution in [0, 0.1) is 5.82 Å². The van der Waals surface area contributed by atoms with Gasteiger partial charge in [-0.3, -0.25) is 4.68 Å². The van der Waals surface area contributed by atoms with Gasteiger partial charge in [-0.05, 0) is 37.3 Å². The zero-order chi connectivity index (χ0) is 16.5. The average Bonchev–Trinajstić information content (AvgIpc) is 2.96. The van der Waals surface area contributed by atoms with Gasteiger partial charge in [0.15, 0.2) is 5.96 Å². The first-order chi connectivity index (χ1) is 11.2. The predicted molar refractivity (Wildman–Crippen MR) is 109 cm³/mol. The summed E-state index contributed by atoms with van der Waals surface area (Å²) >= 11 is 1.68. The van der Waals surface area contributed by atoms with Crippen LogP contribution in [0.5, 0.6) is 0 Å². The largest absolute Gasteiger partial charge is 0.357 e. The number of aromatic nitrogens is 2. The Morgan fingerprint density at radius 2 is 2.00 bits per heavy atom. The Morgan fingerprint density at radius 1 is 1.25 bits per heavy atom. The van der Waals surface area contributed by atoms with Crippen molar-refractivity contribution in [1.82, 2.24) is 20.4 Å². The molecule has 5 nitrogen and oxygen atoms in total. The molecule has 0 aliphatic carbocycles. The van der Waals surface area contributed by atoms with Crippen LogP contribution in [0.1, 0.15) is 12.6 Å². The smallest absolute Gasteiger partial charge is 0.191 e. The van der Waals surface area contributed by atoms with E-state index in [1.54, 1.807) is 30.1 Å². The first-order valence-electron chi connectivity index (χ1n) is 7.56. The second kappa shape index (κ2) is 11.3. The van der Waals surface area contributed by atoms with Crippen molar-refractivity contribution in [3.63, 3.8) is 0 Å². The summed E-state index contributed by atoms with van der Waals surface area (Å²) in [6.45, 7) is 4.20. The van der Waals surface area contributed by atoms with Crippen molar-refractivity contribution in [2.45, 2.75) is 18.4 Å². The predicted octanol–water partition coefficient (Wildman–Crippen LogP) is 3.02. The van der Waals surface area contributed by atoms with Crippen molar-refractivity contribution in [3.8, 4) is 0 Å². The van der Waals surface area contributed by atoms with Gasteiger partial charge in [0.25, 0.3) is 0 Å². The van der Waals surface area contributed by atoms with E-state index in [-0.39, 0.29) is 29.8 Å². The van der Waals surface area contributed by atoms with E-state index in [1.165, 1.54) is 12.1 Å². The molecule has 0 bridgehead atoms. The third kappa shape index (κ3) is 7.08. The molecular weight excluding hydrogens is 440 g/mol. The van der Waals surface area contributed by atoms with E-state index >= 15 is 0 Å². The number of hydrogen-bond donors (Lipinski definition) is 2. The van der Waals surface area contributed by atoms with Gasteiger partial charge in [-0.25, -0.2) is 9.38 Å². The number of guanidine groups is 1. The van der Waals surface area contributed by atoms with Crippen LogP contribution >= 0.6 is 35.7 Å². The van der Waals surface area contributed by atoms with Crippen LogP contribution in [0.2, 0.25) is 0 Å². The third-order valence-electron chi connectivity index (χ3n) is 3.14. The first kappa shape index (κ1) is 20.8. The molecule has 0 aliphatic heterocycles. The lowest BCUT2D eigenvalue weighted by Crippen LogP contribution is -2.38. The Hall–Kier alpha value is -1.29. The molecule has 2 N–H and O–H groups in total. The summed E-state index contributed by atoms with van der Waals surface area (Å²) in [4.78, 5) is 5.61. The summed E-state index contributed by atoms with van der Waals surface area (Å²) in [5, 5.41) is 10.7. The van der Waals surface area contributed by atoms with Gasteiger partial charge < -0.3 is 10.6 Å². The maximum atomic E-state index is 12.8. The molecule has 0 aliphatic rings. The average molecular weight is 463 g/mol. The van der Waals surface area contributed by atoms with Crippen LogP contribution in [0.15, 0.2) is 46.4 Å². The number of aryl methyl sites for hydroxylation is 1. The Kier molecular flexibility index (Phi) is 9.77. The van der Waals surface area contributed by atoms with E-state index in [0.717, 1.165) is 35.4 Å². The van der Waals surface area contributed by atoms with E-state index in [9.17, 15) is 4.39 Å². The Labute approximate surface area is 163 Å². The van der Waals surface area contributed by atoms with Gasteiger partial charge in [-0.15, -0.1) is 35.7 Å². The molecule has 2 rings (SSSR count). The Balaban J connectivity index is 0.00000288. The number of nitrogens with one attached hydrogen (secondary N) is 2. The van der Waals surface area contributed by atoms with Crippen molar-refractivity contribution in [1.29, 1.82) is 0 Å². The molecule has 2 aromatic rings. The van der Waals surface area contributed by atoms with Gasteiger partial charge in [0.05, 0.1) is 12.2 Å². The van der Waals surface area contributed by atoms with Crippen LogP contribution in [-0.2, 0) is 13.6 Å². The summed E-state index contributed by atoms with van der Waals surface area (Å²) in [7, 11) is 1.91. The first-order valence-corrected chi connectivity index (χ1v) is 8.55. The summed E-state index contributed by atoms with van der Waals surface area (Å²) in [5.74, 6) is 1.46. The highest BCUT2D eigenvalue weighted by Crippen LogP contribution is 2.17. The number of rotatable bonds is 7. The minimum atomic E-state index is -0.204. The van der Waals surface area contributed by atoms with Gasteiger partial charge in [0, 0.05) is 37.0 Å². The fourth-order valence-corrected chi connectivity index (χ4v) is 2.70. The molecule has 0 atom stereocenters. The lowest BCUT2D eigenvalue weighted by Gasteiger charge is -2.11. The summed E-state index contributed by atoms with van der Waals surface area (Å²) in [5.41, 5.74) is 1.06. The van der Waals surface area contributed by atoms with Gasteiger partial charge in [-0.1, -0.05) is 0 Å². The molecule has 132 valence electrons. The molecule has 1 aromatic heterocycles. The molecular formula is C16H23FIN5S. The van der Waals surface area contributed by atoms with Gasteiger partial charge >= 0.3 is 0 Å². The second-order valence-corrected chi connectivity index (χ2v) is 6.04. The molecule has 0 unspecified atom stereocenters. The molecule has 1 heterocycles. The Morgan fingerprint density at radius 3 is 2.62 bits per heavy atom. The van der Waals surface area contributed by atoms with Crippen molar-refractivity contribution in [2.24, 2.45) is 12.0 Å².